The van der Waals surface area contributed by atoms with E-state index in [1.54, 1.807) is 4.90 Å². The summed E-state index contributed by atoms with van der Waals surface area (Å²) in [7, 11) is 1.83. The molecular formula is C16H14ClNO. The van der Waals surface area contributed by atoms with Crippen molar-refractivity contribution in [1.29, 1.82) is 0 Å². The summed E-state index contributed by atoms with van der Waals surface area (Å²) in [6.45, 7) is 0. The molecule has 0 fully saturated rings. The lowest BCUT2D eigenvalue weighted by molar-refractivity contribution is -0.118. The topological polar surface area (TPSA) is 20.3 Å². The summed E-state index contributed by atoms with van der Waals surface area (Å²) < 4.78 is 0. The maximum atomic E-state index is 12.1. The van der Waals surface area contributed by atoms with Crippen LogP contribution in [-0.2, 0) is 4.79 Å². The van der Waals surface area contributed by atoms with Crippen LogP contribution in [0.5, 0.6) is 0 Å². The first-order valence-electron chi connectivity index (χ1n) is 6.28. The van der Waals surface area contributed by atoms with Crippen LogP contribution in [0.15, 0.2) is 48.5 Å². The fourth-order valence-corrected chi connectivity index (χ4v) is 2.86. The Morgan fingerprint density at radius 1 is 1.16 bits per heavy atom. The van der Waals surface area contributed by atoms with E-state index in [1.165, 1.54) is 5.56 Å². The predicted molar refractivity (Wildman–Crippen MR) is 77.8 cm³/mol. The molecule has 19 heavy (non-hydrogen) atoms. The van der Waals surface area contributed by atoms with Gasteiger partial charge >= 0.3 is 0 Å². The molecule has 1 atom stereocenters. The van der Waals surface area contributed by atoms with Gasteiger partial charge in [0.2, 0.25) is 5.91 Å². The zero-order valence-electron chi connectivity index (χ0n) is 10.6. The Morgan fingerprint density at radius 2 is 1.95 bits per heavy atom. The van der Waals surface area contributed by atoms with E-state index < -0.39 is 0 Å². The second-order valence-electron chi connectivity index (χ2n) is 4.82. The molecule has 3 rings (SSSR count). The van der Waals surface area contributed by atoms with Crippen LogP contribution in [0.25, 0.3) is 0 Å². The molecule has 2 aromatic carbocycles. The minimum atomic E-state index is 0.0959. The number of rotatable bonds is 1. The largest absolute Gasteiger partial charge is 0.315 e. The summed E-state index contributed by atoms with van der Waals surface area (Å²) in [6, 6.07) is 15.8. The number of carbonyl (C=O) groups excluding carboxylic acids is 1. The third kappa shape index (κ3) is 2.13. The number of anilines is 1. The molecule has 2 aromatic rings. The summed E-state index contributed by atoms with van der Waals surface area (Å²) in [6.07, 6.45) is 0.494. The first-order valence-corrected chi connectivity index (χ1v) is 6.65. The number of fused-ring (bicyclic) bond motifs is 1. The maximum absolute atomic E-state index is 12.1. The summed E-state index contributed by atoms with van der Waals surface area (Å²) in [5.41, 5.74) is 3.27. The summed E-state index contributed by atoms with van der Waals surface area (Å²) in [5, 5.41) is 0.710. The van der Waals surface area contributed by atoms with Crippen LogP contribution < -0.4 is 4.90 Å². The molecule has 1 aliphatic heterocycles. The Kier molecular flexibility index (Phi) is 3.03. The fourth-order valence-electron chi connectivity index (χ4n) is 2.66. The zero-order chi connectivity index (χ0) is 13.4. The Morgan fingerprint density at radius 3 is 2.74 bits per heavy atom. The van der Waals surface area contributed by atoms with E-state index in [0.717, 1.165) is 11.3 Å². The number of para-hydroxylation sites is 1. The summed E-state index contributed by atoms with van der Waals surface area (Å²) in [4.78, 5) is 13.9. The SMILES string of the molecule is CN1C(=O)CC(c2cccc(Cl)c2)c2ccccc21. The standard InChI is InChI=1S/C16H14ClNO/c1-18-15-8-3-2-7-13(15)14(10-16(18)19)11-5-4-6-12(17)9-11/h2-9,14H,10H2,1H3. The van der Waals surface area contributed by atoms with Crippen molar-refractivity contribution in [1.82, 2.24) is 0 Å². The number of hydrogen-bond acceptors (Lipinski definition) is 1. The van der Waals surface area contributed by atoms with Crippen molar-refractivity contribution in [3.8, 4) is 0 Å². The highest BCUT2D eigenvalue weighted by Gasteiger charge is 2.29. The van der Waals surface area contributed by atoms with Crippen LogP contribution in [0.2, 0.25) is 5.02 Å². The van der Waals surface area contributed by atoms with E-state index >= 15 is 0 Å². The summed E-state index contributed by atoms with van der Waals surface area (Å²) >= 11 is 6.06. The normalized spacial score (nSPS) is 18.3. The Bertz CT molecular complexity index is 638. The van der Waals surface area contributed by atoms with Gasteiger partial charge in [0.15, 0.2) is 0 Å². The highest BCUT2D eigenvalue weighted by molar-refractivity contribution is 6.30. The highest BCUT2D eigenvalue weighted by Crippen LogP contribution is 2.39. The molecule has 0 radical (unpaired) electrons. The molecule has 0 aliphatic carbocycles. The van der Waals surface area contributed by atoms with Crippen LogP contribution in [0, 0.1) is 0 Å². The minimum absolute atomic E-state index is 0.0959. The van der Waals surface area contributed by atoms with Crippen molar-refractivity contribution in [3.05, 3.63) is 64.7 Å². The number of amides is 1. The van der Waals surface area contributed by atoms with Crippen molar-refractivity contribution in [2.75, 3.05) is 11.9 Å². The number of halogens is 1. The Labute approximate surface area is 117 Å². The lowest BCUT2D eigenvalue weighted by Crippen LogP contribution is -2.33. The first-order chi connectivity index (χ1) is 9.16. The van der Waals surface area contributed by atoms with E-state index in [0.29, 0.717) is 11.4 Å². The lowest BCUT2D eigenvalue weighted by Gasteiger charge is -2.31. The van der Waals surface area contributed by atoms with Gasteiger partial charge in [-0.1, -0.05) is 41.9 Å². The molecule has 1 heterocycles. The second-order valence-corrected chi connectivity index (χ2v) is 5.26. The molecule has 0 bridgehead atoms. The van der Waals surface area contributed by atoms with Crippen LogP contribution in [0.3, 0.4) is 0 Å². The van der Waals surface area contributed by atoms with Gasteiger partial charge in [0, 0.05) is 30.1 Å². The highest BCUT2D eigenvalue weighted by atomic mass is 35.5. The number of nitrogens with zero attached hydrogens (tertiary/aromatic N) is 1. The smallest absolute Gasteiger partial charge is 0.227 e. The molecule has 0 aromatic heterocycles. The minimum Gasteiger partial charge on any atom is -0.315 e. The quantitative estimate of drug-likeness (QED) is 0.772. The van der Waals surface area contributed by atoms with Crippen LogP contribution in [0.4, 0.5) is 5.69 Å². The van der Waals surface area contributed by atoms with Gasteiger partial charge in [0.1, 0.15) is 0 Å². The van der Waals surface area contributed by atoms with Crippen LogP contribution >= 0.6 is 11.6 Å². The third-order valence-electron chi connectivity index (χ3n) is 3.68. The molecule has 1 aliphatic rings. The van der Waals surface area contributed by atoms with E-state index in [4.69, 9.17) is 11.6 Å². The molecule has 0 N–H and O–H groups in total. The average Bonchev–Trinajstić information content (AvgIpc) is 2.43. The Hall–Kier alpha value is -1.80. The van der Waals surface area contributed by atoms with Gasteiger partial charge in [-0.2, -0.15) is 0 Å². The monoisotopic (exact) mass is 271 g/mol. The van der Waals surface area contributed by atoms with Crippen LogP contribution in [0.1, 0.15) is 23.5 Å². The Balaban J connectivity index is 2.13. The van der Waals surface area contributed by atoms with Crippen LogP contribution in [-0.4, -0.2) is 13.0 Å². The van der Waals surface area contributed by atoms with E-state index in [-0.39, 0.29) is 11.8 Å². The van der Waals surface area contributed by atoms with Gasteiger partial charge < -0.3 is 4.90 Å². The molecule has 96 valence electrons. The van der Waals surface area contributed by atoms with Gasteiger partial charge in [0.05, 0.1) is 0 Å². The molecular weight excluding hydrogens is 258 g/mol. The van der Waals surface area contributed by atoms with Crippen molar-refractivity contribution < 1.29 is 4.79 Å². The maximum Gasteiger partial charge on any atom is 0.227 e. The summed E-state index contributed by atoms with van der Waals surface area (Å²) in [5.74, 6) is 0.238. The second kappa shape index (κ2) is 4.71. The molecule has 0 spiro atoms. The van der Waals surface area contributed by atoms with Gasteiger partial charge in [-0.15, -0.1) is 0 Å². The molecule has 0 saturated carbocycles. The van der Waals surface area contributed by atoms with Crippen molar-refractivity contribution in [3.63, 3.8) is 0 Å². The lowest BCUT2D eigenvalue weighted by atomic mass is 9.84. The third-order valence-corrected chi connectivity index (χ3v) is 3.91. The average molecular weight is 272 g/mol. The van der Waals surface area contributed by atoms with E-state index in [9.17, 15) is 4.79 Å². The van der Waals surface area contributed by atoms with E-state index in [1.807, 2.05) is 49.5 Å². The van der Waals surface area contributed by atoms with Gasteiger partial charge in [-0.25, -0.2) is 0 Å². The van der Waals surface area contributed by atoms with Crippen molar-refractivity contribution in [2.24, 2.45) is 0 Å². The molecule has 1 unspecified atom stereocenters. The first kappa shape index (κ1) is 12.2. The predicted octanol–water partition coefficient (Wildman–Crippen LogP) is 3.84. The fraction of sp³-hybridized carbons (Fsp3) is 0.188. The van der Waals surface area contributed by atoms with Crippen molar-refractivity contribution >= 4 is 23.2 Å². The zero-order valence-corrected chi connectivity index (χ0v) is 11.4. The molecule has 1 amide bonds. The van der Waals surface area contributed by atoms with Gasteiger partial charge in [0.25, 0.3) is 0 Å². The number of hydrogen-bond donors (Lipinski definition) is 0. The molecule has 3 heteroatoms. The van der Waals surface area contributed by atoms with E-state index in [2.05, 4.69) is 6.07 Å². The number of carbonyl (C=O) groups is 1. The van der Waals surface area contributed by atoms with Gasteiger partial charge in [-0.3, -0.25) is 4.79 Å². The van der Waals surface area contributed by atoms with Gasteiger partial charge in [-0.05, 0) is 29.3 Å². The molecule has 0 saturated heterocycles. The number of benzene rings is 2. The van der Waals surface area contributed by atoms with Crippen molar-refractivity contribution in [2.45, 2.75) is 12.3 Å². The molecule has 2 nitrogen and oxygen atoms in total.